The average Bonchev–Trinajstić information content (AvgIpc) is 3.42. The van der Waals surface area contributed by atoms with E-state index < -0.39 is 0 Å². The number of furan rings is 2. The van der Waals surface area contributed by atoms with Crippen LogP contribution in [0.2, 0.25) is 0 Å². The van der Waals surface area contributed by atoms with Gasteiger partial charge in [0, 0.05) is 44.1 Å². The van der Waals surface area contributed by atoms with Crippen LogP contribution in [-0.2, 0) is 0 Å². The van der Waals surface area contributed by atoms with Crippen LogP contribution in [-0.4, -0.2) is 4.98 Å². The fourth-order valence-corrected chi connectivity index (χ4v) is 4.97. The summed E-state index contributed by atoms with van der Waals surface area (Å²) < 4.78 is 12.6. The van der Waals surface area contributed by atoms with E-state index >= 15 is 0 Å². The summed E-state index contributed by atoms with van der Waals surface area (Å²) in [5.41, 5.74) is 6.76. The first kappa shape index (κ1) is 18.0. The van der Waals surface area contributed by atoms with Gasteiger partial charge >= 0.3 is 0 Å². The molecule has 4 nitrogen and oxygen atoms in total. The number of hydrogen-bond donors (Lipinski definition) is 0. The predicted octanol–water partition coefficient (Wildman–Crippen LogP) is 8.56. The number of aromatic nitrogens is 1. The van der Waals surface area contributed by atoms with Gasteiger partial charge in [-0.2, -0.15) is 0 Å². The molecule has 7 rings (SSSR count). The first-order chi connectivity index (χ1) is 16.2. The molecular formula is C29H16N2O2. The third-order valence-electron chi connectivity index (χ3n) is 6.38. The van der Waals surface area contributed by atoms with E-state index in [2.05, 4.69) is 36.0 Å². The lowest BCUT2D eigenvalue weighted by Gasteiger charge is -2.08. The highest BCUT2D eigenvalue weighted by molar-refractivity contribution is 6.21. The molecule has 0 saturated heterocycles. The lowest BCUT2D eigenvalue weighted by atomic mass is 9.98. The van der Waals surface area contributed by atoms with Crippen LogP contribution in [0.4, 0.5) is 5.69 Å². The van der Waals surface area contributed by atoms with E-state index in [1.165, 1.54) is 0 Å². The Bertz CT molecular complexity index is 1950. The molecule has 0 saturated carbocycles. The number of fused-ring (bicyclic) bond motifs is 8. The van der Waals surface area contributed by atoms with Gasteiger partial charge in [-0.1, -0.05) is 42.5 Å². The lowest BCUT2D eigenvalue weighted by Crippen LogP contribution is -1.88. The molecule has 4 heteroatoms. The fraction of sp³-hybridized carbons (Fsp3) is 0.0345. The van der Waals surface area contributed by atoms with Gasteiger partial charge in [0.05, 0.1) is 12.3 Å². The summed E-state index contributed by atoms with van der Waals surface area (Å²) in [6, 6.07) is 24.1. The first-order valence-electron chi connectivity index (χ1n) is 10.8. The summed E-state index contributed by atoms with van der Waals surface area (Å²) in [5, 5.41) is 5.95. The van der Waals surface area contributed by atoms with Gasteiger partial charge in [0.25, 0.3) is 0 Å². The number of nitrogens with zero attached hydrogens (tertiary/aromatic N) is 2. The van der Waals surface area contributed by atoms with Crippen molar-refractivity contribution in [3.63, 3.8) is 0 Å². The van der Waals surface area contributed by atoms with Crippen LogP contribution in [0.1, 0.15) is 5.56 Å². The standard InChI is InChI=1S/C29H16N2O2/c1-16-14-21-17-6-3-4-8-24(17)32-29(21)22(15-16)27-18-10-11-20-26-23(30-2)7-5-9-25(26)33-28(20)19(18)12-13-31-27/h3-15H,1H3. The van der Waals surface area contributed by atoms with Crippen LogP contribution in [0.3, 0.4) is 0 Å². The van der Waals surface area contributed by atoms with Crippen molar-refractivity contribution in [2.24, 2.45) is 0 Å². The topological polar surface area (TPSA) is 43.5 Å². The van der Waals surface area contributed by atoms with E-state index in [0.29, 0.717) is 5.69 Å². The smallest absolute Gasteiger partial charge is 0.198 e. The van der Waals surface area contributed by atoms with Crippen LogP contribution < -0.4 is 0 Å². The van der Waals surface area contributed by atoms with E-state index in [4.69, 9.17) is 20.4 Å². The third kappa shape index (κ3) is 2.42. The molecule has 4 aromatic carbocycles. The zero-order valence-corrected chi connectivity index (χ0v) is 17.7. The maximum Gasteiger partial charge on any atom is 0.198 e. The Hall–Kier alpha value is -4.62. The second-order valence-corrected chi connectivity index (χ2v) is 8.35. The van der Waals surface area contributed by atoms with E-state index in [0.717, 1.165) is 71.5 Å². The van der Waals surface area contributed by atoms with Crippen molar-refractivity contribution >= 4 is 60.3 Å². The molecule has 33 heavy (non-hydrogen) atoms. The molecule has 0 radical (unpaired) electrons. The summed E-state index contributed by atoms with van der Waals surface area (Å²) >= 11 is 0. The minimum Gasteiger partial charge on any atom is -0.457 e. The Morgan fingerprint density at radius 2 is 1.55 bits per heavy atom. The third-order valence-corrected chi connectivity index (χ3v) is 6.38. The maximum atomic E-state index is 7.55. The lowest BCUT2D eigenvalue weighted by molar-refractivity contribution is 0.669. The minimum absolute atomic E-state index is 0.600. The first-order valence-corrected chi connectivity index (χ1v) is 10.8. The van der Waals surface area contributed by atoms with Crippen molar-refractivity contribution in [2.75, 3.05) is 0 Å². The van der Waals surface area contributed by atoms with Crippen molar-refractivity contribution in [3.05, 3.63) is 96.0 Å². The van der Waals surface area contributed by atoms with Crippen molar-refractivity contribution in [2.45, 2.75) is 6.92 Å². The Morgan fingerprint density at radius 1 is 0.727 bits per heavy atom. The number of para-hydroxylation sites is 1. The van der Waals surface area contributed by atoms with Gasteiger partial charge in [-0.15, -0.1) is 0 Å². The van der Waals surface area contributed by atoms with Crippen LogP contribution in [0.25, 0.3) is 70.8 Å². The summed E-state index contributed by atoms with van der Waals surface area (Å²) in [6.45, 7) is 9.65. The molecule has 3 heterocycles. The highest BCUT2D eigenvalue weighted by Crippen LogP contribution is 2.42. The number of aryl methyl sites for hydroxylation is 1. The molecule has 154 valence electrons. The quantitative estimate of drug-likeness (QED) is 0.248. The normalized spacial score (nSPS) is 11.8. The highest BCUT2D eigenvalue weighted by atomic mass is 16.3. The summed E-state index contributed by atoms with van der Waals surface area (Å²) in [6.07, 6.45) is 1.82. The Kier molecular flexibility index (Phi) is 3.51. The van der Waals surface area contributed by atoms with Crippen molar-refractivity contribution in [1.82, 2.24) is 4.98 Å². The molecule has 0 aliphatic heterocycles. The number of hydrogen-bond acceptors (Lipinski definition) is 3. The molecule has 0 atom stereocenters. The van der Waals surface area contributed by atoms with E-state index in [-0.39, 0.29) is 0 Å². The zero-order valence-electron chi connectivity index (χ0n) is 17.7. The molecule has 0 spiro atoms. The molecule has 0 aliphatic carbocycles. The minimum atomic E-state index is 0.600. The van der Waals surface area contributed by atoms with Gasteiger partial charge in [-0.25, -0.2) is 4.85 Å². The molecule has 3 aromatic heterocycles. The van der Waals surface area contributed by atoms with E-state index in [1.807, 2.05) is 54.7 Å². The zero-order chi connectivity index (χ0) is 22.1. The van der Waals surface area contributed by atoms with E-state index in [9.17, 15) is 0 Å². The number of benzene rings is 4. The van der Waals surface area contributed by atoms with Gasteiger partial charge < -0.3 is 8.83 Å². The second-order valence-electron chi connectivity index (χ2n) is 8.35. The molecule has 0 unspecified atom stereocenters. The monoisotopic (exact) mass is 424 g/mol. The Labute approximate surface area is 188 Å². The molecule has 0 aliphatic rings. The molecule has 0 fully saturated rings. The summed E-state index contributed by atoms with van der Waals surface area (Å²) in [4.78, 5) is 8.48. The maximum absolute atomic E-state index is 7.55. The average molecular weight is 424 g/mol. The van der Waals surface area contributed by atoms with Gasteiger partial charge in [0.2, 0.25) is 0 Å². The molecular weight excluding hydrogens is 408 g/mol. The molecule has 0 bridgehead atoms. The fourth-order valence-electron chi connectivity index (χ4n) is 4.97. The highest BCUT2D eigenvalue weighted by Gasteiger charge is 2.19. The van der Waals surface area contributed by atoms with Gasteiger partial charge in [0.15, 0.2) is 5.69 Å². The van der Waals surface area contributed by atoms with Gasteiger partial charge in [-0.3, -0.25) is 4.98 Å². The largest absolute Gasteiger partial charge is 0.457 e. The van der Waals surface area contributed by atoms with Crippen LogP contribution in [0, 0.1) is 13.5 Å². The van der Waals surface area contributed by atoms with Crippen molar-refractivity contribution in [1.29, 1.82) is 0 Å². The van der Waals surface area contributed by atoms with Crippen molar-refractivity contribution < 1.29 is 8.83 Å². The van der Waals surface area contributed by atoms with E-state index in [1.54, 1.807) is 0 Å². The predicted molar refractivity (Wildman–Crippen MR) is 133 cm³/mol. The number of pyridine rings is 1. The Balaban J connectivity index is 1.60. The summed E-state index contributed by atoms with van der Waals surface area (Å²) in [7, 11) is 0. The molecule has 0 N–H and O–H groups in total. The van der Waals surface area contributed by atoms with Crippen molar-refractivity contribution in [3.8, 4) is 11.3 Å². The Morgan fingerprint density at radius 3 is 2.45 bits per heavy atom. The summed E-state index contributed by atoms with van der Waals surface area (Å²) in [5.74, 6) is 0. The second kappa shape index (κ2) is 6.44. The van der Waals surface area contributed by atoms with Crippen LogP contribution in [0.15, 0.2) is 87.8 Å². The SMILES string of the molecule is [C-]#[N+]c1cccc2oc3c4ccnc(-c5cc(C)cc6c5oc5ccccc56)c4ccc3c12. The van der Waals surface area contributed by atoms with Crippen LogP contribution in [0.5, 0.6) is 0 Å². The van der Waals surface area contributed by atoms with Gasteiger partial charge in [-0.05, 0) is 42.8 Å². The van der Waals surface area contributed by atoms with Gasteiger partial charge in [0.1, 0.15) is 22.3 Å². The number of rotatable bonds is 1. The molecule has 7 aromatic rings. The van der Waals surface area contributed by atoms with Crippen LogP contribution >= 0.6 is 0 Å². The molecule has 0 amide bonds.